The van der Waals surface area contributed by atoms with Gasteiger partial charge in [0.05, 0.1) is 0 Å². The molecule has 0 aromatic heterocycles. The van der Waals surface area contributed by atoms with Crippen LogP contribution in [0.2, 0.25) is 0 Å². The summed E-state index contributed by atoms with van der Waals surface area (Å²) in [4.78, 5) is 24.9. The first-order valence-corrected chi connectivity index (χ1v) is 13.1. The smallest absolute Gasteiger partial charge is 0.326 e. The van der Waals surface area contributed by atoms with E-state index in [-0.39, 0.29) is 11.8 Å². The number of rotatable bonds is 5. The Hall–Kier alpha value is -0.750. The molecule has 3 aliphatic carbocycles. The molecule has 3 saturated carbocycles. The second-order valence-electron chi connectivity index (χ2n) is 9.85. The van der Waals surface area contributed by atoms with Gasteiger partial charge in [0.1, 0.15) is 6.04 Å². The van der Waals surface area contributed by atoms with Crippen molar-refractivity contribution in [3.8, 4) is 0 Å². The second-order valence-corrected chi connectivity index (χ2v) is 10.3. The summed E-state index contributed by atoms with van der Waals surface area (Å²) in [5.41, 5.74) is 0. The third-order valence-electron chi connectivity index (χ3n) is 7.72. The van der Waals surface area contributed by atoms with Crippen molar-refractivity contribution in [2.24, 2.45) is 11.8 Å². The largest absolute Gasteiger partial charge is 0.480 e. The van der Waals surface area contributed by atoms with Crippen molar-refractivity contribution in [3.63, 3.8) is 0 Å². The Morgan fingerprint density at radius 2 is 1.37 bits per heavy atom. The summed E-state index contributed by atoms with van der Waals surface area (Å²) in [6.45, 7) is 0.633. The molecular formula is C24H42N2O3S. The lowest BCUT2D eigenvalue weighted by molar-refractivity contribution is -0.149. The maximum atomic E-state index is 11.9. The number of nitrogens with one attached hydrogen (secondary N) is 1. The van der Waals surface area contributed by atoms with E-state index in [2.05, 4.69) is 17.9 Å². The van der Waals surface area contributed by atoms with Crippen LogP contribution in [0.3, 0.4) is 0 Å². The quantitative estimate of drug-likeness (QED) is 0.547. The number of carbonyl (C=O) groups excluding carboxylic acids is 1. The second kappa shape index (κ2) is 12.3. The average molecular weight is 439 g/mol. The van der Waals surface area contributed by atoms with E-state index in [1.807, 2.05) is 0 Å². The van der Waals surface area contributed by atoms with E-state index in [4.69, 9.17) is 0 Å². The van der Waals surface area contributed by atoms with Gasteiger partial charge in [-0.25, -0.2) is 4.79 Å². The number of hydrogen-bond donors (Lipinski definition) is 3. The highest BCUT2D eigenvalue weighted by molar-refractivity contribution is 7.80. The van der Waals surface area contributed by atoms with Gasteiger partial charge in [0.15, 0.2) is 0 Å². The van der Waals surface area contributed by atoms with Crippen molar-refractivity contribution in [3.05, 3.63) is 0 Å². The van der Waals surface area contributed by atoms with Gasteiger partial charge in [-0.15, -0.1) is 0 Å². The number of carbonyl (C=O) groups is 2. The highest BCUT2D eigenvalue weighted by atomic mass is 32.1. The molecule has 3 unspecified atom stereocenters. The Morgan fingerprint density at radius 3 is 1.90 bits per heavy atom. The number of hydrogen-bond acceptors (Lipinski definition) is 4. The molecule has 4 rings (SSSR count). The molecule has 4 aliphatic rings. The van der Waals surface area contributed by atoms with Crippen molar-refractivity contribution >= 4 is 24.5 Å². The zero-order chi connectivity index (χ0) is 21.3. The van der Waals surface area contributed by atoms with E-state index in [0.717, 1.165) is 31.3 Å². The molecule has 5 nitrogen and oxygen atoms in total. The minimum atomic E-state index is -0.841. The molecule has 0 spiro atoms. The number of thiol groups is 1. The fraction of sp³-hybridized carbons (Fsp3) is 0.917. The van der Waals surface area contributed by atoms with Crippen LogP contribution >= 0.6 is 12.6 Å². The molecule has 1 heterocycles. The first kappa shape index (κ1) is 23.9. The van der Waals surface area contributed by atoms with Gasteiger partial charge in [-0.2, -0.15) is 12.6 Å². The van der Waals surface area contributed by atoms with Crippen LogP contribution in [-0.2, 0) is 9.59 Å². The third-order valence-corrected chi connectivity index (χ3v) is 7.94. The van der Waals surface area contributed by atoms with E-state index >= 15 is 0 Å². The molecule has 0 radical (unpaired) electrons. The Morgan fingerprint density at radius 1 is 0.833 bits per heavy atom. The molecule has 6 heteroatoms. The van der Waals surface area contributed by atoms with Gasteiger partial charge in [-0.05, 0) is 56.1 Å². The highest BCUT2D eigenvalue weighted by Crippen LogP contribution is 2.40. The van der Waals surface area contributed by atoms with Crippen LogP contribution in [-0.4, -0.2) is 52.3 Å². The normalized spacial score (nSPS) is 30.3. The Kier molecular flexibility index (Phi) is 9.82. The van der Waals surface area contributed by atoms with Crippen LogP contribution in [0.5, 0.6) is 0 Å². The molecule has 172 valence electrons. The summed E-state index contributed by atoms with van der Waals surface area (Å²) < 4.78 is 0. The minimum Gasteiger partial charge on any atom is -0.480 e. The Labute approximate surface area is 188 Å². The van der Waals surface area contributed by atoms with E-state index in [0.29, 0.717) is 24.6 Å². The standard InChI is InChI=1S/C12H19NO3S.C12H23N/c14-10(5-6-17)13-7-8-3-1-2-4-9(8)11(13)12(15)16;1-3-7-11(8-4-1)13-12-9-5-2-6-10-12/h8-9,11,17H,1-7H2,(H,15,16);11-13H,1-10H2. The van der Waals surface area contributed by atoms with E-state index in [9.17, 15) is 14.7 Å². The van der Waals surface area contributed by atoms with Gasteiger partial charge in [-0.1, -0.05) is 51.4 Å². The van der Waals surface area contributed by atoms with Crippen LogP contribution < -0.4 is 5.32 Å². The predicted molar refractivity (Wildman–Crippen MR) is 124 cm³/mol. The summed E-state index contributed by atoms with van der Waals surface area (Å²) in [6.07, 6.45) is 19.2. The highest BCUT2D eigenvalue weighted by Gasteiger charge is 2.47. The lowest BCUT2D eigenvalue weighted by atomic mass is 9.78. The zero-order valence-corrected chi connectivity index (χ0v) is 19.5. The van der Waals surface area contributed by atoms with Gasteiger partial charge >= 0.3 is 5.97 Å². The van der Waals surface area contributed by atoms with E-state index in [1.165, 1.54) is 70.6 Å². The van der Waals surface area contributed by atoms with Crippen molar-refractivity contribution in [2.75, 3.05) is 12.3 Å². The van der Waals surface area contributed by atoms with Gasteiger partial charge < -0.3 is 15.3 Å². The minimum absolute atomic E-state index is 0.0539. The zero-order valence-electron chi connectivity index (χ0n) is 18.6. The lowest BCUT2D eigenvalue weighted by Crippen LogP contribution is -2.43. The summed E-state index contributed by atoms with van der Waals surface area (Å²) >= 11 is 4.04. The van der Waals surface area contributed by atoms with Crippen molar-refractivity contribution in [2.45, 2.75) is 114 Å². The van der Waals surface area contributed by atoms with Crippen molar-refractivity contribution in [1.29, 1.82) is 0 Å². The summed E-state index contributed by atoms with van der Waals surface area (Å²) in [5, 5.41) is 13.2. The van der Waals surface area contributed by atoms with Gasteiger partial charge in [0, 0.05) is 25.0 Å². The van der Waals surface area contributed by atoms with Gasteiger partial charge in [0.25, 0.3) is 0 Å². The number of carboxylic acids is 1. The number of aliphatic carboxylic acids is 1. The van der Waals surface area contributed by atoms with Crippen molar-refractivity contribution in [1.82, 2.24) is 10.2 Å². The van der Waals surface area contributed by atoms with Crippen LogP contribution in [0.1, 0.15) is 96.3 Å². The summed E-state index contributed by atoms with van der Waals surface area (Å²) in [5.74, 6) is 0.157. The molecule has 3 atom stereocenters. The monoisotopic (exact) mass is 438 g/mol. The van der Waals surface area contributed by atoms with E-state index in [1.54, 1.807) is 4.90 Å². The number of nitrogens with zero attached hydrogens (tertiary/aromatic N) is 1. The molecule has 0 aromatic rings. The lowest BCUT2D eigenvalue weighted by Gasteiger charge is -2.30. The Bertz CT molecular complexity index is 531. The first-order chi connectivity index (χ1) is 14.6. The molecule has 0 bridgehead atoms. The molecule has 0 aromatic carbocycles. The van der Waals surface area contributed by atoms with Crippen LogP contribution in [0.4, 0.5) is 0 Å². The molecule has 4 fully saturated rings. The molecule has 30 heavy (non-hydrogen) atoms. The predicted octanol–water partition coefficient (Wildman–Crippen LogP) is 4.65. The number of fused-ring (bicyclic) bond motifs is 1. The molecule has 1 amide bonds. The number of likely N-dealkylation sites (tertiary alicyclic amines) is 1. The summed E-state index contributed by atoms with van der Waals surface area (Å²) in [7, 11) is 0. The summed E-state index contributed by atoms with van der Waals surface area (Å²) in [6, 6.07) is 1.15. The SMILES string of the molecule is C1CCC(NC2CCCCC2)CC1.O=C(O)C1C2CCCCC2CN1C(=O)CCS. The average Bonchev–Trinajstić information content (AvgIpc) is 3.16. The van der Waals surface area contributed by atoms with Crippen LogP contribution in [0, 0.1) is 11.8 Å². The van der Waals surface area contributed by atoms with Gasteiger partial charge in [-0.3, -0.25) is 4.79 Å². The molecular weight excluding hydrogens is 396 g/mol. The first-order valence-electron chi connectivity index (χ1n) is 12.5. The molecule has 2 N–H and O–H groups in total. The fourth-order valence-electron chi connectivity index (χ4n) is 6.16. The van der Waals surface area contributed by atoms with Crippen LogP contribution in [0.15, 0.2) is 0 Å². The maximum Gasteiger partial charge on any atom is 0.326 e. The van der Waals surface area contributed by atoms with Gasteiger partial charge in [0.2, 0.25) is 5.91 Å². The van der Waals surface area contributed by atoms with E-state index < -0.39 is 12.0 Å². The van der Waals surface area contributed by atoms with Crippen molar-refractivity contribution < 1.29 is 14.7 Å². The third kappa shape index (κ3) is 6.62. The topological polar surface area (TPSA) is 69.6 Å². The van der Waals surface area contributed by atoms with Crippen LogP contribution in [0.25, 0.3) is 0 Å². The Balaban J connectivity index is 0.000000177. The fourth-order valence-corrected chi connectivity index (χ4v) is 6.35. The number of carboxylic acid groups (broad SMARTS) is 1. The molecule has 1 saturated heterocycles. The maximum absolute atomic E-state index is 11.9. The number of amides is 1. The molecule has 1 aliphatic heterocycles.